The number of fused-ring (bicyclic) bond motifs is 1. The first-order chi connectivity index (χ1) is 14.2. The molecule has 3 heterocycles. The lowest BCUT2D eigenvalue weighted by Crippen LogP contribution is -2.36. The fourth-order valence-corrected chi connectivity index (χ4v) is 5.20. The molecule has 0 spiro atoms. The molecule has 4 rings (SSSR count). The number of nitrogens with one attached hydrogen (secondary N) is 3. The van der Waals surface area contributed by atoms with Crippen LogP contribution >= 0.6 is 11.8 Å². The average Bonchev–Trinajstić information content (AvgIpc) is 3.30. The van der Waals surface area contributed by atoms with Crippen LogP contribution in [-0.4, -0.2) is 55.4 Å². The van der Waals surface area contributed by atoms with Crippen molar-refractivity contribution in [1.29, 1.82) is 0 Å². The summed E-state index contributed by atoms with van der Waals surface area (Å²) in [6.07, 6.45) is 4.67. The number of carbonyl (C=O) groups excluding carboxylic acids is 2. The number of amides is 3. The van der Waals surface area contributed by atoms with E-state index < -0.39 is 0 Å². The zero-order chi connectivity index (χ0) is 20.1. The molecule has 10 heteroatoms. The van der Waals surface area contributed by atoms with E-state index in [2.05, 4.69) is 36.3 Å². The third-order valence-electron chi connectivity index (χ3n) is 5.19. The highest BCUT2D eigenvalue weighted by molar-refractivity contribution is 8.00. The third-order valence-corrected chi connectivity index (χ3v) is 6.70. The van der Waals surface area contributed by atoms with Gasteiger partial charge in [0.25, 0.3) is 0 Å². The molecule has 3 N–H and O–H groups in total. The maximum atomic E-state index is 12.1. The molecule has 0 radical (unpaired) electrons. The van der Waals surface area contributed by atoms with Crippen LogP contribution in [0.4, 0.5) is 4.79 Å². The molecule has 152 valence electrons. The number of thioether (sulfide) groups is 1. The Morgan fingerprint density at radius 2 is 1.93 bits per heavy atom. The van der Waals surface area contributed by atoms with Crippen LogP contribution in [0.15, 0.2) is 30.6 Å². The predicted octanol–water partition coefficient (Wildman–Crippen LogP) is 1.28. The van der Waals surface area contributed by atoms with Gasteiger partial charge >= 0.3 is 6.03 Å². The molecule has 1 aromatic carbocycles. The van der Waals surface area contributed by atoms with Gasteiger partial charge < -0.3 is 16.0 Å². The van der Waals surface area contributed by atoms with Crippen LogP contribution in [0.1, 0.15) is 31.2 Å². The summed E-state index contributed by atoms with van der Waals surface area (Å²) >= 11 is 1.91. The van der Waals surface area contributed by atoms with E-state index >= 15 is 0 Å². The molecule has 0 bridgehead atoms. The van der Waals surface area contributed by atoms with E-state index in [-0.39, 0.29) is 24.0 Å². The van der Waals surface area contributed by atoms with E-state index in [1.807, 2.05) is 36.0 Å². The largest absolute Gasteiger partial charge is 0.352 e. The molecule has 9 nitrogen and oxygen atoms in total. The lowest BCUT2D eigenvalue weighted by Gasteiger charge is -2.16. The van der Waals surface area contributed by atoms with Crippen molar-refractivity contribution in [3.05, 3.63) is 36.2 Å². The third kappa shape index (κ3) is 5.00. The summed E-state index contributed by atoms with van der Waals surface area (Å²) in [6, 6.07) is 8.09. The Balaban J connectivity index is 1.14. The Bertz CT molecular complexity index is 849. The normalized spacial score (nSPS) is 22.6. The summed E-state index contributed by atoms with van der Waals surface area (Å²) in [7, 11) is 0. The minimum absolute atomic E-state index is 0.0534. The number of rotatable bonds is 8. The lowest BCUT2D eigenvalue weighted by molar-refractivity contribution is -0.121. The second-order valence-electron chi connectivity index (χ2n) is 7.21. The van der Waals surface area contributed by atoms with Gasteiger partial charge in [-0.25, -0.2) is 4.79 Å². The van der Waals surface area contributed by atoms with Crippen molar-refractivity contribution in [2.24, 2.45) is 0 Å². The monoisotopic (exact) mass is 413 g/mol. The lowest BCUT2D eigenvalue weighted by atomic mass is 10.0. The number of carbonyl (C=O) groups is 2. The maximum Gasteiger partial charge on any atom is 0.315 e. The fourth-order valence-electron chi connectivity index (χ4n) is 3.65. The van der Waals surface area contributed by atoms with Crippen LogP contribution in [0.5, 0.6) is 0 Å². The average molecular weight is 414 g/mol. The summed E-state index contributed by atoms with van der Waals surface area (Å²) in [5.41, 5.74) is 1.85. The number of benzene rings is 1. The molecule has 3 amide bonds. The summed E-state index contributed by atoms with van der Waals surface area (Å²) in [4.78, 5) is 23.5. The maximum absolute atomic E-state index is 12.1. The minimum Gasteiger partial charge on any atom is -0.352 e. The van der Waals surface area contributed by atoms with Crippen LogP contribution in [-0.2, 0) is 11.3 Å². The van der Waals surface area contributed by atoms with Gasteiger partial charge in [0, 0.05) is 29.5 Å². The SMILES string of the molecule is O=C(CCCC[C@H]1SC[C@H]2NC(=O)N[C@H]21)NCc1ccc(-c2nncnn2)cc1. The van der Waals surface area contributed by atoms with Crippen molar-refractivity contribution in [1.82, 2.24) is 36.3 Å². The topological polar surface area (TPSA) is 122 Å². The molecule has 2 saturated heterocycles. The first-order valence-corrected chi connectivity index (χ1v) is 10.8. The molecule has 29 heavy (non-hydrogen) atoms. The Hall–Kier alpha value is -2.75. The number of hydrogen-bond donors (Lipinski definition) is 3. The van der Waals surface area contributed by atoms with E-state index in [1.54, 1.807) is 0 Å². The highest BCUT2D eigenvalue weighted by Gasteiger charge is 2.42. The molecule has 2 aliphatic rings. The molecule has 0 unspecified atom stereocenters. The van der Waals surface area contributed by atoms with Crippen molar-refractivity contribution in [2.45, 2.75) is 49.6 Å². The molecule has 0 saturated carbocycles. The number of hydrogen-bond acceptors (Lipinski definition) is 7. The van der Waals surface area contributed by atoms with E-state index in [0.717, 1.165) is 36.1 Å². The summed E-state index contributed by atoms with van der Waals surface area (Å²) in [5.74, 6) is 1.50. The Morgan fingerprint density at radius 1 is 1.14 bits per heavy atom. The van der Waals surface area contributed by atoms with Crippen molar-refractivity contribution >= 4 is 23.7 Å². The first-order valence-electron chi connectivity index (χ1n) is 9.74. The van der Waals surface area contributed by atoms with Crippen LogP contribution in [0, 0.1) is 0 Å². The van der Waals surface area contributed by atoms with Crippen molar-refractivity contribution in [2.75, 3.05) is 5.75 Å². The molecule has 2 aromatic rings. The van der Waals surface area contributed by atoms with Gasteiger partial charge in [-0.2, -0.15) is 11.8 Å². The Kier molecular flexibility index (Phi) is 6.18. The molecule has 3 atom stereocenters. The fraction of sp³-hybridized carbons (Fsp3) is 0.474. The molecular weight excluding hydrogens is 390 g/mol. The van der Waals surface area contributed by atoms with Crippen molar-refractivity contribution in [3.8, 4) is 11.4 Å². The van der Waals surface area contributed by atoms with Crippen LogP contribution in [0.3, 0.4) is 0 Å². The number of aromatic nitrogens is 4. The number of unbranched alkanes of at least 4 members (excludes halogenated alkanes) is 1. The van der Waals surface area contributed by atoms with E-state index in [9.17, 15) is 9.59 Å². The van der Waals surface area contributed by atoms with Gasteiger partial charge in [0.15, 0.2) is 6.33 Å². The van der Waals surface area contributed by atoms with Gasteiger partial charge in [-0.1, -0.05) is 30.7 Å². The number of nitrogens with zero attached hydrogens (tertiary/aromatic N) is 4. The van der Waals surface area contributed by atoms with Gasteiger partial charge in [-0.3, -0.25) is 4.79 Å². The second kappa shape index (κ2) is 9.17. The van der Waals surface area contributed by atoms with Crippen LogP contribution in [0.25, 0.3) is 11.4 Å². The highest BCUT2D eigenvalue weighted by Crippen LogP contribution is 2.33. The molecule has 2 fully saturated rings. The van der Waals surface area contributed by atoms with Gasteiger partial charge in [0.05, 0.1) is 12.1 Å². The predicted molar refractivity (Wildman–Crippen MR) is 109 cm³/mol. The Morgan fingerprint density at radius 3 is 2.72 bits per heavy atom. The van der Waals surface area contributed by atoms with Gasteiger partial charge in [0.2, 0.25) is 11.7 Å². The van der Waals surface area contributed by atoms with E-state index in [4.69, 9.17) is 0 Å². The zero-order valence-corrected chi connectivity index (χ0v) is 16.7. The summed E-state index contributed by atoms with van der Waals surface area (Å²) in [6.45, 7) is 0.491. The van der Waals surface area contributed by atoms with Crippen LogP contribution < -0.4 is 16.0 Å². The molecular formula is C19H23N7O2S. The molecule has 1 aromatic heterocycles. The van der Waals surface area contributed by atoms with Gasteiger partial charge in [-0.05, 0) is 18.4 Å². The summed E-state index contributed by atoms with van der Waals surface area (Å²) in [5, 5.41) is 24.7. The van der Waals surface area contributed by atoms with Crippen molar-refractivity contribution in [3.63, 3.8) is 0 Å². The zero-order valence-electron chi connectivity index (χ0n) is 15.9. The van der Waals surface area contributed by atoms with Gasteiger partial charge in [-0.15, -0.1) is 20.4 Å². The van der Waals surface area contributed by atoms with Crippen molar-refractivity contribution < 1.29 is 9.59 Å². The van der Waals surface area contributed by atoms with E-state index in [0.29, 0.717) is 24.0 Å². The molecule has 2 aliphatic heterocycles. The first kappa shape index (κ1) is 19.6. The highest BCUT2D eigenvalue weighted by atomic mass is 32.2. The van der Waals surface area contributed by atoms with E-state index in [1.165, 1.54) is 6.33 Å². The number of urea groups is 1. The quantitative estimate of drug-likeness (QED) is 0.440. The Labute approximate surface area is 172 Å². The summed E-state index contributed by atoms with van der Waals surface area (Å²) < 4.78 is 0. The standard InChI is InChI=1S/C19H23N7O2S/c27-16(4-2-1-3-15-17-14(10-29-15)23-19(28)24-17)20-9-12-5-7-13(8-6-12)18-25-21-11-22-26-18/h5-8,11,14-15,17H,1-4,9-10H2,(H,20,27)(H2,23,24,28)/t14-,15-,17-/m1/s1. The van der Waals surface area contributed by atoms with Gasteiger partial charge in [0.1, 0.15) is 0 Å². The van der Waals surface area contributed by atoms with Crippen LogP contribution in [0.2, 0.25) is 0 Å². The second-order valence-corrected chi connectivity index (χ2v) is 8.48. The minimum atomic E-state index is -0.0534. The molecule has 0 aliphatic carbocycles. The smallest absolute Gasteiger partial charge is 0.315 e.